The summed E-state index contributed by atoms with van der Waals surface area (Å²) >= 11 is 0. The summed E-state index contributed by atoms with van der Waals surface area (Å²) in [5, 5.41) is 6.07. The zero-order valence-corrected chi connectivity index (χ0v) is 6.99. The van der Waals surface area contributed by atoms with Gasteiger partial charge in [-0.2, -0.15) is 5.10 Å². The minimum atomic E-state index is 0.796. The Labute approximate surface area is 71.5 Å². The van der Waals surface area contributed by atoms with E-state index in [2.05, 4.69) is 5.10 Å². The van der Waals surface area contributed by atoms with Crippen LogP contribution in [0.3, 0.4) is 0 Å². The minimum absolute atomic E-state index is 0.796. The van der Waals surface area contributed by atoms with E-state index >= 15 is 0 Å². The molecular formula is C9H11N3. The van der Waals surface area contributed by atoms with E-state index in [9.17, 15) is 0 Å². The summed E-state index contributed by atoms with van der Waals surface area (Å²) in [5.41, 5.74) is 8.85. The van der Waals surface area contributed by atoms with Gasteiger partial charge in [0.15, 0.2) is 0 Å². The number of hydrogen-bond acceptors (Lipinski definition) is 3. The van der Waals surface area contributed by atoms with E-state index in [4.69, 9.17) is 5.73 Å². The molecular weight excluding hydrogens is 150 g/mol. The number of nitrogens with zero attached hydrogens (tertiary/aromatic N) is 2. The lowest BCUT2D eigenvalue weighted by Crippen LogP contribution is -2.16. The second-order valence-electron chi connectivity index (χ2n) is 3.02. The van der Waals surface area contributed by atoms with Crippen LogP contribution < -0.4 is 5.73 Å². The number of anilines is 1. The van der Waals surface area contributed by atoms with Crippen LogP contribution in [0.5, 0.6) is 0 Å². The predicted octanol–water partition coefficient (Wildman–Crippen LogP) is 1.05. The fraction of sp³-hybridized carbons (Fsp3) is 0.222. The Hall–Kier alpha value is -1.51. The first-order valence-electron chi connectivity index (χ1n) is 3.89. The molecule has 0 amide bonds. The minimum Gasteiger partial charge on any atom is -0.399 e. The Morgan fingerprint density at radius 3 is 3.17 bits per heavy atom. The third-order valence-corrected chi connectivity index (χ3v) is 1.96. The second kappa shape index (κ2) is 2.52. The molecule has 3 heteroatoms. The van der Waals surface area contributed by atoms with E-state index in [0.29, 0.717) is 0 Å². The molecule has 62 valence electrons. The Balaban J connectivity index is 2.47. The van der Waals surface area contributed by atoms with Gasteiger partial charge in [-0.3, -0.25) is 5.01 Å². The molecule has 3 nitrogen and oxygen atoms in total. The van der Waals surface area contributed by atoms with Gasteiger partial charge in [0.2, 0.25) is 0 Å². The van der Waals surface area contributed by atoms with Gasteiger partial charge < -0.3 is 5.73 Å². The van der Waals surface area contributed by atoms with Crippen molar-refractivity contribution < 1.29 is 0 Å². The number of rotatable bonds is 0. The first-order valence-corrected chi connectivity index (χ1v) is 3.89. The van der Waals surface area contributed by atoms with Gasteiger partial charge in [0.05, 0.1) is 12.8 Å². The first-order chi connectivity index (χ1) is 5.75. The molecule has 2 rings (SSSR count). The highest BCUT2D eigenvalue weighted by Gasteiger charge is 2.07. The highest BCUT2D eigenvalue weighted by atomic mass is 15.4. The molecule has 0 saturated carbocycles. The molecule has 0 saturated heterocycles. The molecule has 0 aromatic heterocycles. The van der Waals surface area contributed by atoms with Crippen molar-refractivity contribution >= 4 is 11.9 Å². The Morgan fingerprint density at radius 2 is 2.33 bits per heavy atom. The summed E-state index contributed by atoms with van der Waals surface area (Å²) < 4.78 is 0. The summed E-state index contributed by atoms with van der Waals surface area (Å²) in [5.74, 6) is 0. The van der Waals surface area contributed by atoms with Crippen LogP contribution in [0.2, 0.25) is 0 Å². The quantitative estimate of drug-likeness (QED) is 0.578. The zero-order valence-electron chi connectivity index (χ0n) is 6.99. The van der Waals surface area contributed by atoms with Crippen LogP contribution in [0.25, 0.3) is 0 Å². The monoisotopic (exact) mass is 161 g/mol. The summed E-state index contributed by atoms with van der Waals surface area (Å²) in [6.07, 6.45) is 1.84. The molecule has 0 spiro atoms. The average Bonchev–Trinajstić information content (AvgIpc) is 2.05. The van der Waals surface area contributed by atoms with E-state index in [-0.39, 0.29) is 0 Å². The van der Waals surface area contributed by atoms with Crippen molar-refractivity contribution in [2.45, 2.75) is 6.54 Å². The van der Waals surface area contributed by atoms with Crippen LogP contribution in [0.1, 0.15) is 11.1 Å². The fourth-order valence-corrected chi connectivity index (χ4v) is 1.33. The average molecular weight is 161 g/mol. The molecule has 0 unspecified atom stereocenters. The summed E-state index contributed by atoms with van der Waals surface area (Å²) in [7, 11) is 1.95. The van der Waals surface area contributed by atoms with E-state index in [1.54, 1.807) is 0 Å². The lowest BCUT2D eigenvalue weighted by Gasteiger charge is -2.19. The third-order valence-electron chi connectivity index (χ3n) is 1.96. The zero-order chi connectivity index (χ0) is 8.55. The van der Waals surface area contributed by atoms with Gasteiger partial charge in [-0.05, 0) is 17.7 Å². The van der Waals surface area contributed by atoms with Crippen LogP contribution >= 0.6 is 0 Å². The molecule has 1 aliphatic rings. The van der Waals surface area contributed by atoms with Gasteiger partial charge in [-0.15, -0.1) is 0 Å². The summed E-state index contributed by atoms with van der Waals surface area (Å²) in [6.45, 7) is 0.867. The van der Waals surface area contributed by atoms with Crippen LogP contribution in [-0.4, -0.2) is 18.3 Å². The molecule has 1 aromatic rings. The van der Waals surface area contributed by atoms with Crippen LogP contribution in [-0.2, 0) is 6.54 Å². The van der Waals surface area contributed by atoms with Crippen LogP contribution in [0.4, 0.5) is 5.69 Å². The van der Waals surface area contributed by atoms with Crippen molar-refractivity contribution in [1.82, 2.24) is 5.01 Å². The highest BCUT2D eigenvalue weighted by molar-refractivity contribution is 5.83. The molecule has 0 bridgehead atoms. The van der Waals surface area contributed by atoms with Crippen molar-refractivity contribution in [2.75, 3.05) is 12.8 Å². The lowest BCUT2D eigenvalue weighted by atomic mass is 10.1. The fourth-order valence-electron chi connectivity index (χ4n) is 1.33. The van der Waals surface area contributed by atoms with Crippen molar-refractivity contribution in [3.63, 3.8) is 0 Å². The van der Waals surface area contributed by atoms with Gasteiger partial charge in [0.25, 0.3) is 0 Å². The highest BCUT2D eigenvalue weighted by Crippen LogP contribution is 2.16. The number of benzene rings is 1. The molecule has 0 aliphatic carbocycles. The molecule has 0 atom stereocenters. The summed E-state index contributed by atoms with van der Waals surface area (Å²) in [6, 6.07) is 5.92. The Morgan fingerprint density at radius 1 is 1.50 bits per heavy atom. The Kier molecular flexibility index (Phi) is 1.50. The number of hydrazone groups is 1. The van der Waals surface area contributed by atoms with E-state index < -0.39 is 0 Å². The number of fused-ring (bicyclic) bond motifs is 1. The number of nitrogen functional groups attached to an aromatic ring is 1. The largest absolute Gasteiger partial charge is 0.399 e. The van der Waals surface area contributed by atoms with Crippen LogP contribution in [0.15, 0.2) is 23.3 Å². The maximum atomic E-state index is 5.64. The maximum absolute atomic E-state index is 5.64. The standard InChI is InChI=1S/C9H11N3/c1-12-6-7-2-3-9(10)4-8(7)5-11-12/h2-5H,6,10H2,1H3. The van der Waals surface area contributed by atoms with Gasteiger partial charge in [-0.25, -0.2) is 0 Å². The van der Waals surface area contributed by atoms with Crippen molar-refractivity contribution in [3.05, 3.63) is 29.3 Å². The summed E-state index contributed by atoms with van der Waals surface area (Å²) in [4.78, 5) is 0. The van der Waals surface area contributed by atoms with E-state index in [1.165, 1.54) is 5.56 Å². The van der Waals surface area contributed by atoms with Gasteiger partial charge in [-0.1, -0.05) is 6.07 Å². The molecule has 1 aromatic carbocycles. The third kappa shape index (κ3) is 1.13. The Bertz CT molecular complexity index is 331. The smallest absolute Gasteiger partial charge is 0.0613 e. The predicted molar refractivity (Wildman–Crippen MR) is 49.9 cm³/mol. The van der Waals surface area contributed by atoms with Gasteiger partial charge >= 0.3 is 0 Å². The molecule has 12 heavy (non-hydrogen) atoms. The second-order valence-corrected chi connectivity index (χ2v) is 3.02. The molecule has 0 radical (unpaired) electrons. The number of hydrogen-bond donors (Lipinski definition) is 1. The molecule has 1 aliphatic heterocycles. The number of nitrogens with two attached hydrogens (primary N) is 1. The molecule has 2 N–H and O–H groups in total. The lowest BCUT2D eigenvalue weighted by molar-refractivity contribution is 0.343. The SMILES string of the molecule is CN1Cc2ccc(N)cc2C=N1. The molecule has 0 fully saturated rings. The first kappa shape index (κ1) is 7.16. The maximum Gasteiger partial charge on any atom is 0.0613 e. The van der Waals surface area contributed by atoms with E-state index in [1.807, 2.05) is 36.5 Å². The van der Waals surface area contributed by atoms with Crippen molar-refractivity contribution in [2.24, 2.45) is 5.10 Å². The normalized spacial score (nSPS) is 14.6. The van der Waals surface area contributed by atoms with Crippen molar-refractivity contribution in [3.8, 4) is 0 Å². The van der Waals surface area contributed by atoms with Gasteiger partial charge in [0, 0.05) is 18.3 Å². The van der Waals surface area contributed by atoms with Crippen molar-refractivity contribution in [1.29, 1.82) is 0 Å². The van der Waals surface area contributed by atoms with Crippen LogP contribution in [0, 0.1) is 0 Å². The van der Waals surface area contributed by atoms with Gasteiger partial charge in [0.1, 0.15) is 0 Å². The van der Waals surface area contributed by atoms with E-state index in [0.717, 1.165) is 17.8 Å². The molecule has 1 heterocycles. The topological polar surface area (TPSA) is 41.6 Å².